The molecular formula is C19H25N3O2. The molecule has 2 aliphatic rings. The van der Waals surface area contributed by atoms with E-state index in [0.717, 1.165) is 12.2 Å². The zero-order valence-electron chi connectivity index (χ0n) is 14.3. The lowest BCUT2D eigenvalue weighted by molar-refractivity contribution is 0.151. The Bertz CT molecular complexity index is 780. The van der Waals surface area contributed by atoms with Crippen molar-refractivity contribution in [1.29, 1.82) is 0 Å². The lowest BCUT2D eigenvalue weighted by Gasteiger charge is -2.35. The van der Waals surface area contributed by atoms with Gasteiger partial charge in [0.1, 0.15) is 17.1 Å². The van der Waals surface area contributed by atoms with Crippen molar-refractivity contribution in [3.8, 4) is 5.75 Å². The molecule has 2 fully saturated rings. The summed E-state index contributed by atoms with van der Waals surface area (Å²) in [4.78, 5) is 23.1. The largest absolute Gasteiger partial charge is 0.494 e. The Morgan fingerprint density at radius 2 is 2.00 bits per heavy atom. The number of piperidine rings is 1. The molecule has 2 unspecified atom stereocenters. The van der Waals surface area contributed by atoms with Crippen molar-refractivity contribution in [2.24, 2.45) is 0 Å². The molecule has 2 heterocycles. The molecular weight excluding hydrogens is 302 g/mol. The number of likely N-dealkylation sites (tertiary alicyclic amines) is 1. The SMILES string of the molecule is COc1cccc2c(=O)[nH]c(C3CCCC3N3CCCCC3)nc12. The number of ether oxygens (including phenoxy) is 1. The number of nitrogens with zero attached hydrogens (tertiary/aromatic N) is 2. The van der Waals surface area contributed by atoms with E-state index in [4.69, 9.17) is 9.72 Å². The fourth-order valence-electron chi connectivity index (χ4n) is 4.44. The van der Waals surface area contributed by atoms with E-state index < -0.39 is 0 Å². The number of rotatable bonds is 3. The molecule has 1 aromatic heterocycles. The van der Waals surface area contributed by atoms with Crippen LogP contribution in [0.25, 0.3) is 10.9 Å². The third-order valence-electron chi connectivity index (χ3n) is 5.63. The van der Waals surface area contributed by atoms with E-state index in [9.17, 15) is 4.79 Å². The highest BCUT2D eigenvalue weighted by Crippen LogP contribution is 2.37. The maximum absolute atomic E-state index is 12.5. The van der Waals surface area contributed by atoms with Gasteiger partial charge in [0.05, 0.1) is 12.5 Å². The molecule has 0 spiro atoms. The van der Waals surface area contributed by atoms with Gasteiger partial charge < -0.3 is 9.72 Å². The Hall–Kier alpha value is -1.88. The molecule has 0 radical (unpaired) electrons. The fourth-order valence-corrected chi connectivity index (χ4v) is 4.44. The van der Waals surface area contributed by atoms with Crippen molar-refractivity contribution >= 4 is 10.9 Å². The van der Waals surface area contributed by atoms with E-state index in [1.54, 1.807) is 7.11 Å². The Balaban J connectivity index is 1.73. The molecule has 1 saturated carbocycles. The highest BCUT2D eigenvalue weighted by Gasteiger charge is 2.35. The first-order chi connectivity index (χ1) is 11.8. The number of hydrogen-bond acceptors (Lipinski definition) is 4. The molecule has 128 valence electrons. The molecule has 1 aromatic carbocycles. The summed E-state index contributed by atoms with van der Waals surface area (Å²) in [6, 6.07) is 6.03. The van der Waals surface area contributed by atoms with Crippen LogP contribution in [-0.4, -0.2) is 41.1 Å². The first-order valence-electron chi connectivity index (χ1n) is 9.09. The quantitative estimate of drug-likeness (QED) is 0.941. The predicted octanol–water partition coefficient (Wildman–Crippen LogP) is 3.05. The van der Waals surface area contributed by atoms with Crippen LogP contribution in [0.3, 0.4) is 0 Å². The Kier molecular flexibility index (Phi) is 4.27. The van der Waals surface area contributed by atoms with Crippen molar-refractivity contribution in [3.05, 3.63) is 34.4 Å². The molecule has 4 rings (SSSR count). The molecule has 0 bridgehead atoms. The standard InChI is InChI=1S/C19H25N3O2/c1-24-16-10-6-8-14-17(16)20-18(21-19(14)23)13-7-5-9-15(13)22-11-3-2-4-12-22/h6,8,10,13,15H,2-5,7,9,11-12H2,1H3,(H,20,21,23). The van der Waals surface area contributed by atoms with Crippen LogP contribution < -0.4 is 10.3 Å². The van der Waals surface area contributed by atoms with Crippen molar-refractivity contribution in [3.63, 3.8) is 0 Å². The summed E-state index contributed by atoms with van der Waals surface area (Å²) >= 11 is 0. The number of para-hydroxylation sites is 1. The molecule has 1 N–H and O–H groups in total. The van der Waals surface area contributed by atoms with Crippen LogP contribution in [0, 0.1) is 0 Å². The van der Waals surface area contributed by atoms with E-state index >= 15 is 0 Å². The number of H-pyrrole nitrogens is 1. The number of nitrogens with one attached hydrogen (secondary N) is 1. The lowest BCUT2D eigenvalue weighted by atomic mass is 9.98. The molecule has 1 saturated heterocycles. The van der Waals surface area contributed by atoms with E-state index in [1.807, 2.05) is 18.2 Å². The van der Waals surface area contributed by atoms with Gasteiger partial charge in [-0.1, -0.05) is 18.9 Å². The fraction of sp³-hybridized carbons (Fsp3) is 0.579. The number of benzene rings is 1. The van der Waals surface area contributed by atoms with Gasteiger partial charge in [0, 0.05) is 12.0 Å². The average molecular weight is 327 g/mol. The second kappa shape index (κ2) is 6.55. The zero-order valence-corrected chi connectivity index (χ0v) is 14.3. The molecule has 5 heteroatoms. The minimum atomic E-state index is -0.0572. The maximum atomic E-state index is 12.5. The van der Waals surface area contributed by atoms with Crippen LogP contribution in [0.4, 0.5) is 0 Å². The average Bonchev–Trinajstić information content (AvgIpc) is 3.12. The maximum Gasteiger partial charge on any atom is 0.258 e. The summed E-state index contributed by atoms with van der Waals surface area (Å²) in [5, 5.41) is 0.602. The third kappa shape index (κ3) is 2.71. The summed E-state index contributed by atoms with van der Waals surface area (Å²) in [6.45, 7) is 2.37. The number of hydrogen-bond donors (Lipinski definition) is 1. The van der Waals surface area contributed by atoms with Crippen molar-refractivity contribution in [2.75, 3.05) is 20.2 Å². The molecule has 24 heavy (non-hydrogen) atoms. The van der Waals surface area contributed by atoms with Crippen molar-refractivity contribution in [1.82, 2.24) is 14.9 Å². The van der Waals surface area contributed by atoms with Crippen LogP contribution in [0.1, 0.15) is 50.3 Å². The van der Waals surface area contributed by atoms with E-state index in [0.29, 0.717) is 28.6 Å². The van der Waals surface area contributed by atoms with Gasteiger partial charge >= 0.3 is 0 Å². The molecule has 2 atom stereocenters. The number of methoxy groups -OCH3 is 1. The van der Waals surface area contributed by atoms with Gasteiger partial charge in [-0.25, -0.2) is 4.98 Å². The van der Waals surface area contributed by atoms with Gasteiger partial charge in [-0.05, 0) is 50.9 Å². The van der Waals surface area contributed by atoms with Gasteiger partial charge in [0.15, 0.2) is 0 Å². The minimum Gasteiger partial charge on any atom is -0.494 e. The molecule has 2 aromatic rings. The summed E-state index contributed by atoms with van der Waals surface area (Å²) < 4.78 is 5.42. The summed E-state index contributed by atoms with van der Waals surface area (Å²) in [5.74, 6) is 1.84. The van der Waals surface area contributed by atoms with Gasteiger partial charge in [-0.15, -0.1) is 0 Å². The smallest absolute Gasteiger partial charge is 0.258 e. The third-order valence-corrected chi connectivity index (χ3v) is 5.63. The normalized spacial score (nSPS) is 25.2. The lowest BCUT2D eigenvalue weighted by Crippen LogP contribution is -2.41. The Morgan fingerprint density at radius 3 is 2.79 bits per heavy atom. The summed E-state index contributed by atoms with van der Waals surface area (Å²) in [7, 11) is 1.63. The van der Waals surface area contributed by atoms with Crippen LogP contribution in [0.5, 0.6) is 5.75 Å². The van der Waals surface area contributed by atoms with E-state index in [2.05, 4.69) is 9.88 Å². The van der Waals surface area contributed by atoms with Crippen LogP contribution >= 0.6 is 0 Å². The van der Waals surface area contributed by atoms with Gasteiger partial charge in [-0.2, -0.15) is 0 Å². The minimum absolute atomic E-state index is 0.0572. The van der Waals surface area contributed by atoms with Crippen molar-refractivity contribution < 1.29 is 4.74 Å². The number of fused-ring (bicyclic) bond motifs is 1. The Morgan fingerprint density at radius 1 is 1.17 bits per heavy atom. The second-order valence-corrected chi connectivity index (χ2v) is 7.01. The number of aromatic amines is 1. The van der Waals surface area contributed by atoms with Crippen LogP contribution in [0.2, 0.25) is 0 Å². The van der Waals surface area contributed by atoms with Crippen LogP contribution in [0.15, 0.2) is 23.0 Å². The summed E-state index contributed by atoms with van der Waals surface area (Å²) in [5.41, 5.74) is 0.626. The van der Waals surface area contributed by atoms with E-state index in [1.165, 1.54) is 45.2 Å². The highest BCUT2D eigenvalue weighted by molar-refractivity contribution is 5.83. The molecule has 1 aliphatic heterocycles. The first-order valence-corrected chi connectivity index (χ1v) is 9.09. The zero-order chi connectivity index (χ0) is 16.5. The van der Waals surface area contributed by atoms with Crippen molar-refractivity contribution in [2.45, 2.75) is 50.5 Å². The Labute approximate surface area is 142 Å². The van der Waals surface area contributed by atoms with Gasteiger partial charge in [0.25, 0.3) is 5.56 Å². The molecule has 5 nitrogen and oxygen atoms in total. The molecule has 1 aliphatic carbocycles. The highest BCUT2D eigenvalue weighted by atomic mass is 16.5. The van der Waals surface area contributed by atoms with Crippen LogP contribution in [-0.2, 0) is 0 Å². The second-order valence-electron chi connectivity index (χ2n) is 7.01. The van der Waals surface area contributed by atoms with E-state index in [-0.39, 0.29) is 5.56 Å². The molecule has 0 amide bonds. The van der Waals surface area contributed by atoms with Gasteiger partial charge in [-0.3, -0.25) is 9.69 Å². The number of aromatic nitrogens is 2. The topological polar surface area (TPSA) is 58.2 Å². The monoisotopic (exact) mass is 327 g/mol. The summed E-state index contributed by atoms with van der Waals surface area (Å²) in [6.07, 6.45) is 7.44. The first kappa shape index (κ1) is 15.6. The van der Waals surface area contributed by atoms with Gasteiger partial charge in [0.2, 0.25) is 0 Å². The predicted molar refractivity (Wildman–Crippen MR) is 94.7 cm³/mol.